The lowest BCUT2D eigenvalue weighted by atomic mass is 10.1. The molecule has 0 spiro atoms. The van der Waals surface area contributed by atoms with Crippen molar-refractivity contribution < 1.29 is 0 Å². The molecule has 0 aromatic heterocycles. The van der Waals surface area contributed by atoms with Gasteiger partial charge in [-0.2, -0.15) is 0 Å². The van der Waals surface area contributed by atoms with Gasteiger partial charge in [0.2, 0.25) is 0 Å². The molecule has 2 nitrogen and oxygen atoms in total. The van der Waals surface area contributed by atoms with Gasteiger partial charge in [0.05, 0.1) is 0 Å². The second-order valence-corrected chi connectivity index (χ2v) is 5.02. The van der Waals surface area contributed by atoms with Gasteiger partial charge in [0.25, 0.3) is 0 Å². The minimum atomic E-state index is 0.139. The molecule has 1 atom stereocenters. The molecule has 0 heterocycles. The van der Waals surface area contributed by atoms with Crippen LogP contribution in [0.1, 0.15) is 51.1 Å². The lowest BCUT2D eigenvalue weighted by Crippen LogP contribution is -2.33. The minimum Gasteiger partial charge on any atom is -0.323 e. The van der Waals surface area contributed by atoms with Crippen LogP contribution in [0, 0.1) is 0 Å². The largest absolute Gasteiger partial charge is 0.323 e. The van der Waals surface area contributed by atoms with Gasteiger partial charge in [-0.25, -0.2) is 0 Å². The van der Waals surface area contributed by atoms with Crippen molar-refractivity contribution in [1.82, 2.24) is 4.90 Å². The van der Waals surface area contributed by atoms with Crippen LogP contribution in [0.3, 0.4) is 0 Å². The zero-order valence-corrected chi connectivity index (χ0v) is 11.9. The van der Waals surface area contributed by atoms with Crippen LogP contribution < -0.4 is 5.73 Å². The highest BCUT2D eigenvalue weighted by atomic mass is 15.1. The van der Waals surface area contributed by atoms with Gasteiger partial charge < -0.3 is 10.6 Å². The predicted molar refractivity (Wildman–Crippen MR) is 79.6 cm³/mol. The summed E-state index contributed by atoms with van der Waals surface area (Å²) in [5.74, 6) is 0. The molecule has 2 N–H and O–H groups in total. The smallest absolute Gasteiger partial charge is 0.0424 e. The molecule has 0 bridgehead atoms. The first-order valence-corrected chi connectivity index (χ1v) is 7.30. The van der Waals surface area contributed by atoms with E-state index >= 15 is 0 Å². The SMILES string of the molecule is CCCCN(CCCC)CC(N)c1ccccc1. The average molecular weight is 248 g/mol. The summed E-state index contributed by atoms with van der Waals surface area (Å²) in [6, 6.07) is 10.6. The second-order valence-electron chi connectivity index (χ2n) is 5.02. The summed E-state index contributed by atoms with van der Waals surface area (Å²) in [5.41, 5.74) is 7.54. The van der Waals surface area contributed by atoms with Gasteiger partial charge >= 0.3 is 0 Å². The highest BCUT2D eigenvalue weighted by molar-refractivity contribution is 5.18. The van der Waals surface area contributed by atoms with E-state index in [-0.39, 0.29) is 6.04 Å². The summed E-state index contributed by atoms with van der Waals surface area (Å²) in [6.45, 7) is 7.82. The highest BCUT2D eigenvalue weighted by Gasteiger charge is 2.11. The molecule has 1 unspecified atom stereocenters. The van der Waals surface area contributed by atoms with Crippen molar-refractivity contribution in [2.75, 3.05) is 19.6 Å². The fourth-order valence-corrected chi connectivity index (χ4v) is 2.14. The van der Waals surface area contributed by atoms with Gasteiger partial charge in [-0.15, -0.1) is 0 Å². The quantitative estimate of drug-likeness (QED) is 0.723. The van der Waals surface area contributed by atoms with Gasteiger partial charge in [-0.1, -0.05) is 57.0 Å². The number of nitrogens with zero attached hydrogens (tertiary/aromatic N) is 1. The van der Waals surface area contributed by atoms with Gasteiger partial charge in [-0.05, 0) is 31.5 Å². The highest BCUT2D eigenvalue weighted by Crippen LogP contribution is 2.12. The molecule has 0 saturated carbocycles. The predicted octanol–water partition coefficient (Wildman–Crippen LogP) is 3.59. The Hall–Kier alpha value is -0.860. The molecule has 0 aliphatic carbocycles. The summed E-state index contributed by atoms with van der Waals surface area (Å²) in [5, 5.41) is 0. The number of nitrogens with two attached hydrogens (primary N) is 1. The zero-order valence-electron chi connectivity index (χ0n) is 11.9. The third-order valence-corrected chi connectivity index (χ3v) is 3.34. The number of unbranched alkanes of at least 4 members (excludes halogenated alkanes) is 2. The first-order valence-electron chi connectivity index (χ1n) is 7.30. The summed E-state index contributed by atoms with van der Waals surface area (Å²) in [7, 11) is 0. The van der Waals surface area contributed by atoms with E-state index in [0.29, 0.717) is 0 Å². The summed E-state index contributed by atoms with van der Waals surface area (Å²) < 4.78 is 0. The first-order chi connectivity index (χ1) is 8.77. The number of hydrogen-bond acceptors (Lipinski definition) is 2. The van der Waals surface area contributed by atoms with Crippen molar-refractivity contribution in [1.29, 1.82) is 0 Å². The molecule has 1 aromatic rings. The molecule has 0 amide bonds. The third-order valence-electron chi connectivity index (χ3n) is 3.34. The van der Waals surface area contributed by atoms with E-state index in [9.17, 15) is 0 Å². The molecule has 2 heteroatoms. The standard InChI is InChI=1S/C16H28N2/c1-3-5-12-18(13-6-4-2)14-16(17)15-10-8-7-9-11-15/h7-11,16H,3-6,12-14,17H2,1-2H3. The number of rotatable bonds is 9. The van der Waals surface area contributed by atoms with Gasteiger partial charge in [-0.3, -0.25) is 0 Å². The molecule has 18 heavy (non-hydrogen) atoms. The lowest BCUT2D eigenvalue weighted by Gasteiger charge is -2.25. The van der Waals surface area contributed by atoms with E-state index in [2.05, 4.69) is 43.0 Å². The lowest BCUT2D eigenvalue weighted by molar-refractivity contribution is 0.250. The van der Waals surface area contributed by atoms with Crippen LogP contribution in [0.15, 0.2) is 30.3 Å². The molecule has 0 radical (unpaired) electrons. The molecule has 102 valence electrons. The molecule has 0 saturated heterocycles. The third kappa shape index (κ3) is 5.65. The fraction of sp³-hybridized carbons (Fsp3) is 0.625. The Bertz CT molecular complexity index is 289. The second kappa shape index (κ2) is 9.12. The van der Waals surface area contributed by atoms with Crippen LogP contribution in [0.5, 0.6) is 0 Å². The van der Waals surface area contributed by atoms with Crippen molar-refractivity contribution in [3.8, 4) is 0 Å². The Morgan fingerprint density at radius 3 is 2.06 bits per heavy atom. The number of hydrogen-bond donors (Lipinski definition) is 1. The van der Waals surface area contributed by atoms with Crippen LogP contribution in [0.4, 0.5) is 0 Å². The average Bonchev–Trinajstić information content (AvgIpc) is 2.42. The first kappa shape index (κ1) is 15.2. The molecule has 1 rings (SSSR count). The van der Waals surface area contributed by atoms with Crippen LogP contribution >= 0.6 is 0 Å². The van der Waals surface area contributed by atoms with Gasteiger partial charge in [0.1, 0.15) is 0 Å². The monoisotopic (exact) mass is 248 g/mol. The number of benzene rings is 1. The fourth-order valence-electron chi connectivity index (χ4n) is 2.14. The Morgan fingerprint density at radius 1 is 1.00 bits per heavy atom. The molecular formula is C16H28N2. The van der Waals surface area contributed by atoms with Gasteiger partial charge in [0.15, 0.2) is 0 Å². The van der Waals surface area contributed by atoms with E-state index in [1.165, 1.54) is 44.3 Å². The molecular weight excluding hydrogens is 220 g/mol. The van der Waals surface area contributed by atoms with Crippen molar-refractivity contribution in [2.24, 2.45) is 5.73 Å². The van der Waals surface area contributed by atoms with E-state index in [1.807, 2.05) is 6.07 Å². The normalized spacial score (nSPS) is 12.9. The van der Waals surface area contributed by atoms with Crippen LogP contribution in [0.25, 0.3) is 0 Å². The van der Waals surface area contributed by atoms with Crippen molar-refractivity contribution in [3.63, 3.8) is 0 Å². The van der Waals surface area contributed by atoms with Crippen molar-refractivity contribution in [3.05, 3.63) is 35.9 Å². The van der Waals surface area contributed by atoms with Crippen LogP contribution in [-0.2, 0) is 0 Å². The molecule has 1 aromatic carbocycles. The molecule has 0 aliphatic rings. The summed E-state index contributed by atoms with van der Waals surface area (Å²) in [4.78, 5) is 2.52. The zero-order chi connectivity index (χ0) is 13.2. The Labute approximate surface area is 112 Å². The molecule has 0 fully saturated rings. The van der Waals surface area contributed by atoms with Crippen LogP contribution in [-0.4, -0.2) is 24.5 Å². The summed E-state index contributed by atoms with van der Waals surface area (Å²) >= 11 is 0. The van der Waals surface area contributed by atoms with Crippen LogP contribution in [0.2, 0.25) is 0 Å². The minimum absolute atomic E-state index is 0.139. The van der Waals surface area contributed by atoms with Gasteiger partial charge in [0, 0.05) is 12.6 Å². The maximum atomic E-state index is 6.30. The van der Waals surface area contributed by atoms with E-state index in [0.717, 1.165) is 6.54 Å². The summed E-state index contributed by atoms with van der Waals surface area (Å²) in [6.07, 6.45) is 5.04. The van der Waals surface area contributed by atoms with E-state index < -0.39 is 0 Å². The Morgan fingerprint density at radius 2 is 1.56 bits per heavy atom. The molecule has 0 aliphatic heterocycles. The Balaban J connectivity index is 2.47. The maximum Gasteiger partial charge on any atom is 0.0424 e. The topological polar surface area (TPSA) is 29.3 Å². The van der Waals surface area contributed by atoms with E-state index in [1.54, 1.807) is 0 Å². The van der Waals surface area contributed by atoms with Crippen molar-refractivity contribution in [2.45, 2.75) is 45.6 Å². The van der Waals surface area contributed by atoms with Crippen molar-refractivity contribution >= 4 is 0 Å². The maximum absolute atomic E-state index is 6.30. The Kier molecular flexibility index (Phi) is 7.70. The van der Waals surface area contributed by atoms with E-state index in [4.69, 9.17) is 5.73 Å².